The van der Waals surface area contributed by atoms with Gasteiger partial charge in [-0.3, -0.25) is 4.79 Å². The smallest absolute Gasteiger partial charge is 0.295 e. The van der Waals surface area contributed by atoms with Crippen molar-refractivity contribution in [3.05, 3.63) is 77.4 Å². The Morgan fingerprint density at radius 1 is 1.08 bits per heavy atom. The highest BCUT2D eigenvalue weighted by molar-refractivity contribution is 6.02. The lowest BCUT2D eigenvalue weighted by Gasteiger charge is -2.06. The first-order chi connectivity index (χ1) is 12.7. The Balaban J connectivity index is 1.44. The lowest BCUT2D eigenvalue weighted by molar-refractivity contribution is 0.101. The van der Waals surface area contributed by atoms with Gasteiger partial charge in [-0.2, -0.15) is 4.98 Å². The molecule has 1 aliphatic carbocycles. The molecule has 6 heteroatoms. The van der Waals surface area contributed by atoms with Crippen molar-refractivity contribution in [2.45, 2.75) is 13.3 Å². The highest BCUT2D eigenvalue weighted by Gasteiger charge is 2.19. The Bertz CT molecular complexity index is 1180. The Hall–Kier alpha value is -3.54. The summed E-state index contributed by atoms with van der Waals surface area (Å²) < 4.78 is 1.56. The summed E-state index contributed by atoms with van der Waals surface area (Å²) in [6.07, 6.45) is 2.53. The van der Waals surface area contributed by atoms with Crippen LogP contribution in [0.15, 0.2) is 54.7 Å². The first kappa shape index (κ1) is 14.8. The Labute approximate surface area is 149 Å². The average Bonchev–Trinajstić information content (AvgIpc) is 3.23. The highest BCUT2D eigenvalue weighted by Crippen LogP contribution is 2.37. The highest BCUT2D eigenvalue weighted by atomic mass is 16.2. The number of amides is 1. The van der Waals surface area contributed by atoms with Gasteiger partial charge in [-0.05, 0) is 53.8 Å². The summed E-state index contributed by atoms with van der Waals surface area (Å²) in [6, 6.07) is 16.2. The molecule has 0 spiro atoms. The Morgan fingerprint density at radius 2 is 1.92 bits per heavy atom. The van der Waals surface area contributed by atoms with Gasteiger partial charge in [0.15, 0.2) is 0 Å². The number of fused-ring (bicyclic) bond motifs is 4. The van der Waals surface area contributed by atoms with Crippen molar-refractivity contribution in [2.75, 3.05) is 5.32 Å². The van der Waals surface area contributed by atoms with E-state index < -0.39 is 0 Å². The molecule has 2 heterocycles. The van der Waals surface area contributed by atoms with E-state index in [1.54, 1.807) is 10.7 Å². The van der Waals surface area contributed by atoms with E-state index >= 15 is 0 Å². The minimum Gasteiger partial charge on any atom is -0.319 e. The molecule has 2 aromatic heterocycles. The van der Waals surface area contributed by atoms with Crippen LogP contribution in [-0.2, 0) is 6.42 Å². The summed E-state index contributed by atoms with van der Waals surface area (Å²) in [7, 11) is 0. The fourth-order valence-corrected chi connectivity index (χ4v) is 3.41. The van der Waals surface area contributed by atoms with E-state index in [1.807, 2.05) is 25.1 Å². The number of benzene rings is 2. The first-order valence-electron chi connectivity index (χ1n) is 8.40. The monoisotopic (exact) mass is 341 g/mol. The predicted octanol–water partition coefficient (Wildman–Crippen LogP) is 3.26. The van der Waals surface area contributed by atoms with Crippen LogP contribution in [0.4, 0.5) is 5.69 Å². The zero-order valence-corrected chi connectivity index (χ0v) is 14.1. The van der Waals surface area contributed by atoms with Crippen LogP contribution >= 0.6 is 0 Å². The van der Waals surface area contributed by atoms with Crippen LogP contribution in [0.25, 0.3) is 16.9 Å². The first-order valence-corrected chi connectivity index (χ1v) is 8.40. The summed E-state index contributed by atoms with van der Waals surface area (Å²) in [5, 5.41) is 7.13. The molecule has 26 heavy (non-hydrogen) atoms. The molecule has 1 aliphatic rings. The van der Waals surface area contributed by atoms with E-state index in [0.717, 1.165) is 17.8 Å². The van der Waals surface area contributed by atoms with E-state index in [2.05, 4.69) is 50.7 Å². The topological polar surface area (TPSA) is 72.2 Å². The van der Waals surface area contributed by atoms with Gasteiger partial charge in [0.25, 0.3) is 11.7 Å². The summed E-state index contributed by atoms with van der Waals surface area (Å²) in [6.45, 7) is 1.89. The van der Waals surface area contributed by atoms with Crippen molar-refractivity contribution >= 4 is 17.4 Å². The summed E-state index contributed by atoms with van der Waals surface area (Å²) >= 11 is 0. The van der Waals surface area contributed by atoms with Crippen molar-refractivity contribution in [3.63, 3.8) is 0 Å². The molecule has 0 fully saturated rings. The van der Waals surface area contributed by atoms with Gasteiger partial charge < -0.3 is 5.32 Å². The fraction of sp³-hybridized carbons (Fsp3) is 0.100. The van der Waals surface area contributed by atoms with Gasteiger partial charge >= 0.3 is 0 Å². The molecule has 5 rings (SSSR count). The van der Waals surface area contributed by atoms with Crippen molar-refractivity contribution in [1.29, 1.82) is 0 Å². The molecule has 2 aromatic carbocycles. The quantitative estimate of drug-likeness (QED) is 0.535. The van der Waals surface area contributed by atoms with Crippen LogP contribution in [0.1, 0.15) is 27.4 Å². The Morgan fingerprint density at radius 3 is 2.81 bits per heavy atom. The third-order valence-corrected chi connectivity index (χ3v) is 4.68. The van der Waals surface area contributed by atoms with E-state index in [4.69, 9.17) is 0 Å². The second kappa shape index (κ2) is 5.49. The summed E-state index contributed by atoms with van der Waals surface area (Å²) in [5.74, 6) is 0.181. The lowest BCUT2D eigenvalue weighted by atomic mass is 10.1. The summed E-state index contributed by atoms with van der Waals surface area (Å²) in [4.78, 5) is 20.9. The van der Waals surface area contributed by atoms with Gasteiger partial charge in [0.2, 0.25) is 5.82 Å². The molecule has 0 radical (unpaired) electrons. The van der Waals surface area contributed by atoms with E-state index in [0.29, 0.717) is 5.78 Å². The zero-order chi connectivity index (χ0) is 17.7. The molecule has 6 nitrogen and oxygen atoms in total. The SMILES string of the molecule is Cc1ccnc2nc(C(=O)Nc3ccc4c(c3)Cc3ccccc3-4)nn12. The van der Waals surface area contributed by atoms with Crippen molar-refractivity contribution in [3.8, 4) is 11.1 Å². The van der Waals surface area contributed by atoms with E-state index in [-0.39, 0.29) is 11.7 Å². The van der Waals surface area contributed by atoms with Gasteiger partial charge in [0, 0.05) is 17.6 Å². The number of anilines is 1. The van der Waals surface area contributed by atoms with Crippen molar-refractivity contribution in [1.82, 2.24) is 19.6 Å². The second-order valence-corrected chi connectivity index (χ2v) is 6.39. The third kappa shape index (κ3) is 2.27. The van der Waals surface area contributed by atoms with Crippen molar-refractivity contribution in [2.24, 2.45) is 0 Å². The lowest BCUT2D eigenvalue weighted by Crippen LogP contribution is -2.14. The fourth-order valence-electron chi connectivity index (χ4n) is 3.41. The number of nitrogens with one attached hydrogen (secondary N) is 1. The Kier molecular flexibility index (Phi) is 3.12. The molecule has 0 saturated carbocycles. The van der Waals surface area contributed by atoms with Gasteiger partial charge in [-0.15, -0.1) is 5.10 Å². The standard InChI is InChI=1S/C20H15N5O/c1-12-8-9-21-20-23-18(24-25(12)20)19(26)22-15-6-7-17-14(11-15)10-13-4-2-3-5-16(13)17/h2-9,11H,10H2,1H3,(H,22,26). The molecule has 0 bridgehead atoms. The number of hydrogen-bond acceptors (Lipinski definition) is 4. The molecule has 0 unspecified atom stereocenters. The van der Waals surface area contributed by atoms with E-state index in [1.165, 1.54) is 22.3 Å². The van der Waals surface area contributed by atoms with Gasteiger partial charge in [-0.25, -0.2) is 9.50 Å². The zero-order valence-electron chi connectivity index (χ0n) is 14.1. The number of aryl methyl sites for hydroxylation is 1. The number of aromatic nitrogens is 4. The average molecular weight is 341 g/mol. The van der Waals surface area contributed by atoms with Crippen LogP contribution in [0, 0.1) is 6.92 Å². The van der Waals surface area contributed by atoms with Crippen LogP contribution in [-0.4, -0.2) is 25.5 Å². The molecule has 0 aliphatic heterocycles. The van der Waals surface area contributed by atoms with Crippen LogP contribution < -0.4 is 5.32 Å². The molecule has 4 aromatic rings. The maximum absolute atomic E-state index is 12.5. The molecule has 1 amide bonds. The van der Waals surface area contributed by atoms with Gasteiger partial charge in [-0.1, -0.05) is 30.3 Å². The summed E-state index contributed by atoms with van der Waals surface area (Å²) in [5.41, 5.74) is 6.63. The van der Waals surface area contributed by atoms with Crippen molar-refractivity contribution < 1.29 is 4.79 Å². The minimum absolute atomic E-state index is 0.107. The molecular formula is C20H15N5O. The van der Waals surface area contributed by atoms with E-state index in [9.17, 15) is 4.79 Å². The number of nitrogens with zero attached hydrogens (tertiary/aromatic N) is 4. The largest absolute Gasteiger partial charge is 0.319 e. The maximum atomic E-state index is 12.5. The second-order valence-electron chi connectivity index (χ2n) is 6.39. The van der Waals surface area contributed by atoms with Crippen LogP contribution in [0.5, 0.6) is 0 Å². The molecule has 0 atom stereocenters. The maximum Gasteiger partial charge on any atom is 0.295 e. The number of carbonyl (C=O) groups excluding carboxylic acids is 1. The molecular weight excluding hydrogens is 326 g/mol. The minimum atomic E-state index is -0.342. The predicted molar refractivity (Wildman–Crippen MR) is 98.2 cm³/mol. The number of rotatable bonds is 2. The normalized spacial score (nSPS) is 12.0. The van der Waals surface area contributed by atoms with Crippen LogP contribution in [0.3, 0.4) is 0 Å². The third-order valence-electron chi connectivity index (χ3n) is 4.68. The van der Waals surface area contributed by atoms with Gasteiger partial charge in [0.05, 0.1) is 0 Å². The number of carbonyl (C=O) groups is 1. The number of hydrogen-bond donors (Lipinski definition) is 1. The van der Waals surface area contributed by atoms with Crippen LogP contribution in [0.2, 0.25) is 0 Å². The van der Waals surface area contributed by atoms with Gasteiger partial charge in [0.1, 0.15) is 0 Å². The molecule has 1 N–H and O–H groups in total. The molecule has 126 valence electrons. The molecule has 0 saturated heterocycles.